The first kappa shape index (κ1) is 32.7. The second-order valence-corrected chi connectivity index (χ2v) is 13.2. The molecule has 0 aliphatic heterocycles. The second kappa shape index (κ2) is 13.9. The van der Waals surface area contributed by atoms with Crippen LogP contribution in [0.4, 0.5) is 15.9 Å². The van der Waals surface area contributed by atoms with Crippen molar-refractivity contribution in [2.75, 3.05) is 23.3 Å². The van der Waals surface area contributed by atoms with Gasteiger partial charge in [-0.05, 0) is 63.4 Å². The first-order valence-electron chi connectivity index (χ1n) is 13.1. The van der Waals surface area contributed by atoms with Gasteiger partial charge in [-0.1, -0.05) is 30.7 Å². The van der Waals surface area contributed by atoms with Gasteiger partial charge in [0.05, 0.1) is 16.4 Å². The van der Waals surface area contributed by atoms with Crippen molar-refractivity contribution in [2.45, 2.75) is 51.9 Å². The largest absolute Gasteiger partial charge is 0.454 e. The molecule has 3 aromatic rings. The van der Waals surface area contributed by atoms with E-state index in [4.69, 9.17) is 8.92 Å². The Kier molecular flexibility index (Phi) is 10.8. The first-order chi connectivity index (χ1) is 19.8. The molecule has 10 nitrogen and oxygen atoms in total. The number of benzene rings is 2. The fourth-order valence-electron chi connectivity index (χ4n) is 3.93. The quantitative estimate of drug-likeness (QED) is 0.190. The zero-order valence-corrected chi connectivity index (χ0v) is 25.7. The number of halogens is 1. The van der Waals surface area contributed by atoms with Crippen molar-refractivity contribution >= 4 is 37.6 Å². The summed E-state index contributed by atoms with van der Waals surface area (Å²) in [4.78, 5) is 15.8. The number of carbonyl (C=O) groups is 1. The molecule has 226 valence electrons. The molecule has 0 atom stereocenters. The Hall–Kier alpha value is -3.81. The summed E-state index contributed by atoms with van der Waals surface area (Å²) >= 11 is 0. The predicted octanol–water partition coefficient (Wildman–Crippen LogP) is 5.70. The van der Waals surface area contributed by atoms with E-state index in [1.54, 1.807) is 12.1 Å². The number of pyridine rings is 1. The monoisotopic (exact) mass is 619 g/mol. The summed E-state index contributed by atoms with van der Waals surface area (Å²) in [6, 6.07) is 11.7. The van der Waals surface area contributed by atoms with E-state index in [1.807, 2.05) is 13.8 Å². The van der Waals surface area contributed by atoms with Crippen molar-refractivity contribution < 1.29 is 34.9 Å². The van der Waals surface area contributed by atoms with Gasteiger partial charge in [0, 0.05) is 37.5 Å². The van der Waals surface area contributed by atoms with Gasteiger partial charge in [-0.3, -0.25) is 13.3 Å². The molecule has 0 saturated heterocycles. The summed E-state index contributed by atoms with van der Waals surface area (Å²) in [5, 5.41) is 2.49. The topological polar surface area (TPSA) is 132 Å². The minimum absolute atomic E-state index is 0.0215. The molecular formula is C29H34FN3O7S2. The lowest BCUT2D eigenvalue weighted by Gasteiger charge is -2.23. The Labute approximate surface area is 246 Å². The van der Waals surface area contributed by atoms with Gasteiger partial charge in [-0.2, -0.15) is 8.42 Å². The van der Waals surface area contributed by atoms with Gasteiger partial charge >= 0.3 is 0 Å². The van der Waals surface area contributed by atoms with E-state index < -0.39 is 26.0 Å². The zero-order valence-electron chi connectivity index (χ0n) is 24.0. The van der Waals surface area contributed by atoms with Crippen LogP contribution in [0.1, 0.15) is 44.7 Å². The van der Waals surface area contributed by atoms with Crippen molar-refractivity contribution in [1.29, 1.82) is 0 Å². The Balaban J connectivity index is 1.98. The number of nitrogens with one attached hydrogen (secondary N) is 1. The summed E-state index contributed by atoms with van der Waals surface area (Å²) in [6.45, 7) is 6.19. The van der Waals surface area contributed by atoms with Crippen LogP contribution in [-0.2, 0) is 35.5 Å². The molecule has 1 amide bonds. The standard InChI is InChI=1S/C29H34FN3O7S2/c1-6-8-21(3)42(37,38)39-18-7-9-25-27(40-28-15-12-23(19-26(28)30)32-22(4)34)16-17-31-29(25)33(5)41(35,36)24-13-10-20(2)11-14-24/h8,10-17,19H,6-7,9,18H2,1-5H3,(H,32,34)/b21-8+. The van der Waals surface area contributed by atoms with E-state index in [2.05, 4.69) is 10.3 Å². The van der Waals surface area contributed by atoms with Crippen LogP contribution in [0.15, 0.2) is 70.6 Å². The Morgan fingerprint density at radius 1 is 1.05 bits per heavy atom. The van der Waals surface area contributed by atoms with Crippen LogP contribution in [0.3, 0.4) is 0 Å². The molecular weight excluding hydrogens is 585 g/mol. The Morgan fingerprint density at radius 3 is 2.36 bits per heavy atom. The second-order valence-electron chi connectivity index (χ2n) is 9.43. The maximum atomic E-state index is 14.9. The SMILES string of the molecule is CC/C=C(\C)S(=O)(=O)OCCCc1c(Oc2ccc(NC(C)=O)cc2F)ccnc1N(C)S(=O)(=O)c1ccc(C)cc1. The van der Waals surface area contributed by atoms with Gasteiger partial charge in [-0.15, -0.1) is 0 Å². The van der Waals surface area contributed by atoms with E-state index in [-0.39, 0.29) is 58.2 Å². The molecule has 1 aromatic heterocycles. The third-order valence-corrected chi connectivity index (χ3v) is 9.33. The lowest BCUT2D eigenvalue weighted by molar-refractivity contribution is -0.114. The number of anilines is 2. The molecule has 0 spiro atoms. The normalized spacial score (nSPS) is 12.2. The van der Waals surface area contributed by atoms with Crippen molar-refractivity contribution in [3.05, 3.63) is 82.7 Å². The van der Waals surface area contributed by atoms with Crippen LogP contribution in [0.2, 0.25) is 0 Å². The molecule has 0 bridgehead atoms. The van der Waals surface area contributed by atoms with Crippen LogP contribution in [0, 0.1) is 12.7 Å². The lowest BCUT2D eigenvalue weighted by Crippen LogP contribution is -2.28. The molecule has 2 aromatic carbocycles. The third kappa shape index (κ3) is 8.14. The van der Waals surface area contributed by atoms with Gasteiger partial charge in [-0.25, -0.2) is 17.8 Å². The Bertz CT molecular complexity index is 1670. The highest BCUT2D eigenvalue weighted by atomic mass is 32.2. The molecule has 0 unspecified atom stereocenters. The lowest BCUT2D eigenvalue weighted by atomic mass is 10.1. The zero-order chi connectivity index (χ0) is 31.1. The van der Waals surface area contributed by atoms with Crippen molar-refractivity contribution in [2.24, 2.45) is 0 Å². The maximum Gasteiger partial charge on any atom is 0.292 e. The molecule has 0 aliphatic carbocycles. The Morgan fingerprint density at radius 2 is 1.74 bits per heavy atom. The maximum absolute atomic E-state index is 14.9. The number of carbonyl (C=O) groups excluding carboxylic acids is 1. The summed E-state index contributed by atoms with van der Waals surface area (Å²) in [7, 11) is -6.63. The molecule has 0 saturated carbocycles. The number of nitrogens with zero attached hydrogens (tertiary/aromatic N) is 2. The number of ether oxygens (including phenoxy) is 1. The minimum Gasteiger partial charge on any atom is -0.454 e. The molecule has 0 radical (unpaired) electrons. The molecule has 13 heteroatoms. The molecule has 42 heavy (non-hydrogen) atoms. The van der Waals surface area contributed by atoms with Crippen LogP contribution in [0.25, 0.3) is 0 Å². The fraction of sp³-hybridized carbons (Fsp3) is 0.310. The minimum atomic E-state index is -4.05. The molecule has 1 heterocycles. The number of rotatable bonds is 13. The summed E-state index contributed by atoms with van der Waals surface area (Å²) in [6.07, 6.45) is 3.63. The predicted molar refractivity (Wildman–Crippen MR) is 159 cm³/mol. The van der Waals surface area contributed by atoms with Crippen LogP contribution in [0.5, 0.6) is 11.5 Å². The van der Waals surface area contributed by atoms with E-state index in [9.17, 15) is 26.0 Å². The van der Waals surface area contributed by atoms with Gasteiger partial charge in [0.1, 0.15) is 11.6 Å². The van der Waals surface area contributed by atoms with Crippen LogP contribution < -0.4 is 14.4 Å². The average Bonchev–Trinajstić information content (AvgIpc) is 2.92. The van der Waals surface area contributed by atoms with Gasteiger partial charge in [0.2, 0.25) is 5.91 Å². The fourth-order valence-corrected chi connectivity index (χ4v) is 6.01. The number of hydrogen-bond acceptors (Lipinski definition) is 8. The molecule has 3 rings (SSSR count). The third-order valence-electron chi connectivity index (χ3n) is 6.14. The summed E-state index contributed by atoms with van der Waals surface area (Å²) in [5.74, 6) is -1.17. The van der Waals surface area contributed by atoms with Crippen molar-refractivity contribution in [1.82, 2.24) is 4.98 Å². The number of sulfonamides is 1. The number of amides is 1. The van der Waals surface area contributed by atoms with Crippen molar-refractivity contribution in [3.63, 3.8) is 0 Å². The summed E-state index contributed by atoms with van der Waals surface area (Å²) in [5.41, 5.74) is 1.41. The average molecular weight is 620 g/mol. The van der Waals surface area contributed by atoms with E-state index in [0.717, 1.165) is 15.9 Å². The smallest absolute Gasteiger partial charge is 0.292 e. The van der Waals surface area contributed by atoms with E-state index in [0.29, 0.717) is 12.0 Å². The van der Waals surface area contributed by atoms with Crippen LogP contribution in [-0.4, -0.2) is 41.4 Å². The van der Waals surface area contributed by atoms with Gasteiger partial charge < -0.3 is 10.1 Å². The highest BCUT2D eigenvalue weighted by molar-refractivity contribution is 7.92. The molecule has 1 N–H and O–H groups in total. The van der Waals surface area contributed by atoms with E-state index >= 15 is 0 Å². The highest BCUT2D eigenvalue weighted by Crippen LogP contribution is 2.35. The number of hydrogen-bond donors (Lipinski definition) is 1. The number of aromatic nitrogens is 1. The molecule has 0 aliphatic rings. The number of aryl methyl sites for hydroxylation is 1. The van der Waals surface area contributed by atoms with Crippen molar-refractivity contribution in [3.8, 4) is 11.5 Å². The van der Waals surface area contributed by atoms with Gasteiger partial charge in [0.25, 0.3) is 20.1 Å². The number of allylic oxidation sites excluding steroid dienone is 2. The summed E-state index contributed by atoms with van der Waals surface area (Å²) < 4.78 is 78.7. The van der Waals surface area contributed by atoms with E-state index in [1.165, 1.54) is 63.5 Å². The first-order valence-corrected chi connectivity index (χ1v) is 16.0. The molecule has 0 fully saturated rings. The van der Waals surface area contributed by atoms with Crippen LogP contribution >= 0.6 is 0 Å². The highest BCUT2D eigenvalue weighted by Gasteiger charge is 2.26. The van der Waals surface area contributed by atoms with Gasteiger partial charge in [0.15, 0.2) is 11.6 Å².